The zero-order valence-corrected chi connectivity index (χ0v) is 20.2. The topological polar surface area (TPSA) is 60.8 Å². The van der Waals surface area contributed by atoms with Crippen LogP contribution in [0.3, 0.4) is 0 Å². The second-order valence-corrected chi connectivity index (χ2v) is 9.27. The maximum atomic E-state index is 11.7. The molecule has 0 radical (unpaired) electrons. The number of hydrogen-bond donors (Lipinski definition) is 2. The van der Waals surface area contributed by atoms with Crippen molar-refractivity contribution >= 4 is 5.78 Å². The Hall–Kier alpha value is -0.450. The summed E-state index contributed by atoms with van der Waals surface area (Å²) in [7, 11) is 0. The molecular formula is C25H51NO3. The molecule has 0 spiro atoms. The molecular weight excluding hydrogens is 362 g/mol. The molecule has 0 aliphatic heterocycles. The first-order valence-corrected chi connectivity index (χ1v) is 12.4. The van der Waals surface area contributed by atoms with Gasteiger partial charge in [-0.2, -0.15) is 0 Å². The van der Waals surface area contributed by atoms with Gasteiger partial charge in [-0.1, -0.05) is 72.1 Å². The molecule has 0 aromatic carbocycles. The lowest BCUT2D eigenvalue weighted by atomic mass is 9.85. The van der Waals surface area contributed by atoms with Crippen LogP contribution < -0.4 is 0 Å². The first kappa shape index (κ1) is 28.5. The van der Waals surface area contributed by atoms with Crippen LogP contribution in [-0.2, 0) is 4.79 Å². The van der Waals surface area contributed by atoms with Crippen molar-refractivity contribution in [1.82, 2.24) is 4.90 Å². The molecule has 3 unspecified atom stereocenters. The number of hydrogen-bond acceptors (Lipinski definition) is 4. The second-order valence-electron chi connectivity index (χ2n) is 9.27. The minimum absolute atomic E-state index is 0.160. The number of rotatable bonds is 20. The molecule has 0 amide bonds. The zero-order valence-electron chi connectivity index (χ0n) is 20.2. The van der Waals surface area contributed by atoms with Gasteiger partial charge in [-0.3, -0.25) is 9.69 Å². The van der Waals surface area contributed by atoms with E-state index < -0.39 is 0 Å². The van der Waals surface area contributed by atoms with Crippen molar-refractivity contribution in [2.45, 2.75) is 124 Å². The predicted molar refractivity (Wildman–Crippen MR) is 124 cm³/mol. The minimum atomic E-state index is -0.386. The Balaban J connectivity index is 4.12. The second kappa shape index (κ2) is 18.3. The molecule has 0 aliphatic rings. The summed E-state index contributed by atoms with van der Waals surface area (Å²) in [6, 6.07) is 0. The van der Waals surface area contributed by atoms with Gasteiger partial charge in [0.15, 0.2) is 0 Å². The summed E-state index contributed by atoms with van der Waals surface area (Å²) in [6.45, 7) is 12.1. The van der Waals surface area contributed by atoms with Crippen LogP contribution in [0.15, 0.2) is 0 Å². The number of nitrogens with zero attached hydrogens (tertiary/aromatic N) is 1. The summed E-state index contributed by atoms with van der Waals surface area (Å²) in [5.74, 6) is 0.850. The Labute approximate surface area is 181 Å². The van der Waals surface area contributed by atoms with Gasteiger partial charge < -0.3 is 10.2 Å². The maximum absolute atomic E-state index is 11.7. The van der Waals surface area contributed by atoms with Crippen LogP contribution in [0.1, 0.15) is 112 Å². The van der Waals surface area contributed by atoms with Gasteiger partial charge in [0, 0.05) is 19.0 Å². The predicted octanol–water partition coefficient (Wildman–Crippen LogP) is 5.59. The SMILES string of the molecule is CCCCCCCCCCC(O)CN(CCC[C@H](C)C(CC)C(C)=O)CC(C)O. The largest absolute Gasteiger partial charge is 0.392 e. The first-order valence-electron chi connectivity index (χ1n) is 12.4. The summed E-state index contributed by atoms with van der Waals surface area (Å²) in [5, 5.41) is 20.3. The van der Waals surface area contributed by atoms with Crippen LogP contribution in [0.2, 0.25) is 0 Å². The Morgan fingerprint density at radius 1 is 0.828 bits per heavy atom. The van der Waals surface area contributed by atoms with Crippen LogP contribution in [-0.4, -0.2) is 52.7 Å². The highest BCUT2D eigenvalue weighted by atomic mass is 16.3. The van der Waals surface area contributed by atoms with E-state index in [9.17, 15) is 15.0 Å². The molecule has 0 heterocycles. The summed E-state index contributed by atoms with van der Waals surface area (Å²) in [6.07, 6.45) is 13.3. The van der Waals surface area contributed by atoms with E-state index in [2.05, 4.69) is 25.7 Å². The van der Waals surface area contributed by atoms with Gasteiger partial charge in [-0.05, 0) is 52.0 Å². The Bertz CT molecular complexity index is 386. The third kappa shape index (κ3) is 16.0. The van der Waals surface area contributed by atoms with Crippen LogP contribution >= 0.6 is 0 Å². The van der Waals surface area contributed by atoms with Crippen molar-refractivity contribution in [3.8, 4) is 0 Å². The molecule has 0 aliphatic carbocycles. The minimum Gasteiger partial charge on any atom is -0.392 e. The fourth-order valence-corrected chi connectivity index (χ4v) is 4.46. The van der Waals surface area contributed by atoms with Gasteiger partial charge in [-0.15, -0.1) is 0 Å². The number of carbonyl (C=O) groups excluding carboxylic acids is 1. The Morgan fingerprint density at radius 3 is 1.93 bits per heavy atom. The molecule has 0 saturated carbocycles. The highest BCUT2D eigenvalue weighted by Crippen LogP contribution is 2.21. The molecule has 0 fully saturated rings. The van der Waals surface area contributed by atoms with E-state index >= 15 is 0 Å². The number of unbranched alkanes of at least 4 members (excludes halogenated alkanes) is 7. The third-order valence-electron chi connectivity index (χ3n) is 6.16. The summed E-state index contributed by atoms with van der Waals surface area (Å²) in [5.41, 5.74) is 0. The number of Topliss-reactive ketones (excluding diaryl/α,β-unsaturated/α-hetero) is 1. The Kier molecular flexibility index (Phi) is 18.0. The number of ketones is 1. The molecule has 29 heavy (non-hydrogen) atoms. The van der Waals surface area contributed by atoms with Crippen LogP contribution in [0.4, 0.5) is 0 Å². The van der Waals surface area contributed by atoms with E-state index in [0.717, 1.165) is 38.6 Å². The molecule has 0 bridgehead atoms. The van der Waals surface area contributed by atoms with Crippen LogP contribution in [0.5, 0.6) is 0 Å². The first-order chi connectivity index (χ1) is 13.8. The van der Waals surface area contributed by atoms with Gasteiger partial charge >= 0.3 is 0 Å². The van der Waals surface area contributed by atoms with Crippen molar-refractivity contribution in [2.24, 2.45) is 11.8 Å². The maximum Gasteiger partial charge on any atom is 0.133 e. The smallest absolute Gasteiger partial charge is 0.133 e. The van der Waals surface area contributed by atoms with E-state index in [1.807, 2.05) is 6.92 Å². The summed E-state index contributed by atoms with van der Waals surface area (Å²) < 4.78 is 0. The van der Waals surface area contributed by atoms with Crippen molar-refractivity contribution in [3.63, 3.8) is 0 Å². The van der Waals surface area contributed by atoms with Crippen molar-refractivity contribution in [2.75, 3.05) is 19.6 Å². The quantitative estimate of drug-likeness (QED) is 0.255. The van der Waals surface area contributed by atoms with E-state index in [1.54, 1.807) is 6.92 Å². The van der Waals surface area contributed by atoms with E-state index in [0.29, 0.717) is 24.8 Å². The van der Waals surface area contributed by atoms with Crippen molar-refractivity contribution in [1.29, 1.82) is 0 Å². The lowest BCUT2D eigenvalue weighted by Crippen LogP contribution is -2.38. The molecule has 174 valence electrons. The third-order valence-corrected chi connectivity index (χ3v) is 6.16. The van der Waals surface area contributed by atoms with Crippen LogP contribution in [0, 0.1) is 11.8 Å². The van der Waals surface area contributed by atoms with Crippen molar-refractivity contribution in [3.05, 3.63) is 0 Å². The Morgan fingerprint density at radius 2 is 1.41 bits per heavy atom. The number of carbonyl (C=O) groups is 1. The average molecular weight is 414 g/mol. The molecule has 0 saturated heterocycles. The molecule has 2 N–H and O–H groups in total. The zero-order chi connectivity index (χ0) is 22.1. The summed E-state index contributed by atoms with van der Waals surface area (Å²) >= 11 is 0. The standard InChI is InChI=1S/C25H51NO3/c1-6-8-9-10-11-12-13-14-17-24(29)20-26(19-22(4)27)18-15-16-21(3)25(7-2)23(5)28/h21-22,24-25,27,29H,6-20H2,1-5H3/t21-,22?,24?,25?/m0/s1. The fourth-order valence-electron chi connectivity index (χ4n) is 4.46. The molecule has 0 aromatic rings. The number of aliphatic hydroxyl groups excluding tert-OH is 2. The fraction of sp³-hybridized carbons (Fsp3) is 0.960. The lowest BCUT2D eigenvalue weighted by Gasteiger charge is -2.27. The normalized spacial score (nSPS) is 16.0. The average Bonchev–Trinajstić information content (AvgIpc) is 2.63. The molecule has 0 aromatic heterocycles. The van der Waals surface area contributed by atoms with Crippen LogP contribution in [0.25, 0.3) is 0 Å². The number of aliphatic hydroxyl groups is 2. The molecule has 4 nitrogen and oxygen atoms in total. The van der Waals surface area contributed by atoms with E-state index in [-0.39, 0.29) is 18.1 Å². The monoisotopic (exact) mass is 413 g/mol. The lowest BCUT2D eigenvalue weighted by molar-refractivity contribution is -0.122. The van der Waals surface area contributed by atoms with Gasteiger partial charge in [0.25, 0.3) is 0 Å². The molecule has 4 atom stereocenters. The van der Waals surface area contributed by atoms with E-state index in [1.165, 1.54) is 44.9 Å². The van der Waals surface area contributed by atoms with Gasteiger partial charge in [0.2, 0.25) is 0 Å². The van der Waals surface area contributed by atoms with Gasteiger partial charge in [-0.25, -0.2) is 0 Å². The summed E-state index contributed by atoms with van der Waals surface area (Å²) in [4.78, 5) is 13.9. The van der Waals surface area contributed by atoms with Gasteiger partial charge in [0.1, 0.15) is 5.78 Å². The van der Waals surface area contributed by atoms with Gasteiger partial charge in [0.05, 0.1) is 12.2 Å². The highest BCUT2D eigenvalue weighted by molar-refractivity contribution is 5.78. The van der Waals surface area contributed by atoms with E-state index in [4.69, 9.17) is 0 Å². The molecule has 0 rings (SSSR count). The molecule has 4 heteroatoms. The van der Waals surface area contributed by atoms with Crippen molar-refractivity contribution < 1.29 is 15.0 Å². The highest BCUT2D eigenvalue weighted by Gasteiger charge is 2.20.